The Morgan fingerprint density at radius 1 is 1.15 bits per heavy atom. The molecule has 2 aromatic rings. The lowest BCUT2D eigenvalue weighted by Crippen LogP contribution is -1.87. The summed E-state index contributed by atoms with van der Waals surface area (Å²) < 4.78 is 5.36. The van der Waals surface area contributed by atoms with Crippen LogP contribution in [0.2, 0.25) is 0 Å². The molecule has 0 radical (unpaired) electrons. The maximum Gasteiger partial charge on any atom is 0.126 e. The Morgan fingerprint density at radius 3 is 2.60 bits per heavy atom. The molecule has 2 rings (SSSR count). The molecular weight excluding hydrogens is 250 g/mol. The summed E-state index contributed by atoms with van der Waals surface area (Å²) in [5.41, 5.74) is 11.4. The van der Waals surface area contributed by atoms with Gasteiger partial charge in [-0.3, -0.25) is 0 Å². The zero-order valence-corrected chi connectivity index (χ0v) is 11.2. The first kappa shape index (κ1) is 13.7. The van der Waals surface area contributed by atoms with Crippen LogP contribution >= 0.6 is 0 Å². The van der Waals surface area contributed by atoms with Gasteiger partial charge in [0, 0.05) is 17.0 Å². The van der Waals surface area contributed by atoms with Crippen molar-refractivity contribution in [2.24, 2.45) is 5.11 Å². The van der Waals surface area contributed by atoms with Crippen molar-refractivity contribution in [3.8, 4) is 16.9 Å². The van der Waals surface area contributed by atoms with Gasteiger partial charge in [0.15, 0.2) is 0 Å². The molecule has 0 amide bonds. The molecule has 4 heteroatoms. The summed E-state index contributed by atoms with van der Waals surface area (Å²) in [5, 5.41) is 3.45. The van der Waals surface area contributed by atoms with Crippen molar-refractivity contribution >= 4 is 6.08 Å². The molecule has 0 atom stereocenters. The third-order valence-electron chi connectivity index (χ3n) is 2.89. The van der Waals surface area contributed by atoms with E-state index < -0.39 is 0 Å². The number of azide groups is 1. The SMILES string of the molecule is COc1ccccc1-c1ccc(C=CCN=[N+]=[N-])cc1. The van der Waals surface area contributed by atoms with E-state index in [0.717, 1.165) is 22.4 Å². The van der Waals surface area contributed by atoms with E-state index in [9.17, 15) is 0 Å². The van der Waals surface area contributed by atoms with E-state index in [1.807, 2.05) is 60.7 Å². The zero-order chi connectivity index (χ0) is 14.2. The van der Waals surface area contributed by atoms with Gasteiger partial charge in [-0.05, 0) is 22.7 Å². The van der Waals surface area contributed by atoms with Gasteiger partial charge in [0.25, 0.3) is 0 Å². The molecule has 100 valence electrons. The number of benzene rings is 2. The maximum absolute atomic E-state index is 8.19. The van der Waals surface area contributed by atoms with Gasteiger partial charge >= 0.3 is 0 Å². The zero-order valence-electron chi connectivity index (χ0n) is 11.2. The van der Waals surface area contributed by atoms with E-state index in [4.69, 9.17) is 10.3 Å². The molecule has 0 aliphatic rings. The fraction of sp³-hybridized carbons (Fsp3) is 0.125. The van der Waals surface area contributed by atoms with Crippen LogP contribution in [0.25, 0.3) is 27.6 Å². The van der Waals surface area contributed by atoms with Crippen molar-refractivity contribution in [3.63, 3.8) is 0 Å². The van der Waals surface area contributed by atoms with E-state index in [1.54, 1.807) is 7.11 Å². The Labute approximate surface area is 118 Å². The molecule has 2 aromatic carbocycles. The number of nitrogens with zero attached hydrogens (tertiary/aromatic N) is 3. The molecule has 0 aliphatic heterocycles. The first-order valence-corrected chi connectivity index (χ1v) is 6.26. The van der Waals surface area contributed by atoms with Crippen molar-refractivity contribution in [1.29, 1.82) is 0 Å². The third-order valence-corrected chi connectivity index (χ3v) is 2.89. The Kier molecular flexibility index (Phi) is 4.81. The first-order chi connectivity index (χ1) is 9.85. The molecule has 0 saturated carbocycles. The highest BCUT2D eigenvalue weighted by Crippen LogP contribution is 2.29. The second-order valence-corrected chi connectivity index (χ2v) is 4.14. The standard InChI is InChI=1S/C16H15N3O/c1-20-16-7-3-2-6-15(16)14-10-8-13(9-11-14)5-4-12-18-19-17/h2-11H,12H2,1H3. The van der Waals surface area contributed by atoms with Crippen LogP contribution in [0.1, 0.15) is 5.56 Å². The lowest BCUT2D eigenvalue weighted by atomic mass is 10.0. The van der Waals surface area contributed by atoms with Gasteiger partial charge in [-0.15, -0.1) is 0 Å². The summed E-state index contributed by atoms with van der Waals surface area (Å²) in [6.07, 6.45) is 3.76. The highest BCUT2D eigenvalue weighted by Gasteiger charge is 2.03. The smallest absolute Gasteiger partial charge is 0.126 e. The minimum Gasteiger partial charge on any atom is -0.496 e. The van der Waals surface area contributed by atoms with E-state index in [2.05, 4.69) is 10.0 Å². The Bertz CT molecular complexity index is 641. The predicted octanol–water partition coefficient (Wildman–Crippen LogP) is 4.69. The van der Waals surface area contributed by atoms with Crippen LogP contribution in [0.15, 0.2) is 59.7 Å². The molecule has 4 nitrogen and oxygen atoms in total. The molecule has 0 unspecified atom stereocenters. The summed E-state index contributed by atoms with van der Waals surface area (Å²) in [5.74, 6) is 0.860. The lowest BCUT2D eigenvalue weighted by Gasteiger charge is -2.08. The number of hydrogen-bond acceptors (Lipinski definition) is 2. The van der Waals surface area contributed by atoms with Crippen molar-refractivity contribution in [2.75, 3.05) is 13.7 Å². The molecule has 0 spiro atoms. The summed E-state index contributed by atoms with van der Waals surface area (Å²) in [4.78, 5) is 2.70. The van der Waals surface area contributed by atoms with Crippen LogP contribution in [0, 0.1) is 0 Å². The second kappa shape index (κ2) is 7.02. The highest BCUT2D eigenvalue weighted by atomic mass is 16.5. The van der Waals surface area contributed by atoms with Gasteiger partial charge in [0.2, 0.25) is 0 Å². The third kappa shape index (κ3) is 3.40. The number of ether oxygens (including phenoxy) is 1. The van der Waals surface area contributed by atoms with Gasteiger partial charge in [-0.25, -0.2) is 0 Å². The molecular formula is C16H15N3O. The maximum atomic E-state index is 8.19. The van der Waals surface area contributed by atoms with E-state index >= 15 is 0 Å². The molecule has 0 N–H and O–H groups in total. The molecule has 0 aromatic heterocycles. The predicted molar refractivity (Wildman–Crippen MR) is 81.5 cm³/mol. The van der Waals surface area contributed by atoms with Gasteiger partial charge in [-0.1, -0.05) is 59.7 Å². The van der Waals surface area contributed by atoms with Crippen LogP contribution in [0.3, 0.4) is 0 Å². The normalized spacial score (nSPS) is 10.2. The number of para-hydroxylation sites is 1. The van der Waals surface area contributed by atoms with E-state index in [-0.39, 0.29) is 0 Å². The summed E-state index contributed by atoms with van der Waals surface area (Å²) >= 11 is 0. The van der Waals surface area contributed by atoms with Crippen molar-refractivity contribution in [1.82, 2.24) is 0 Å². The molecule has 0 bridgehead atoms. The fourth-order valence-electron chi connectivity index (χ4n) is 1.93. The van der Waals surface area contributed by atoms with Crippen LogP contribution in [0.5, 0.6) is 5.75 Å². The van der Waals surface area contributed by atoms with Crippen molar-refractivity contribution in [3.05, 3.63) is 70.6 Å². The average Bonchev–Trinajstić information content (AvgIpc) is 2.52. The summed E-state index contributed by atoms with van der Waals surface area (Å²) in [6, 6.07) is 16.1. The highest BCUT2D eigenvalue weighted by molar-refractivity contribution is 5.71. The molecule has 0 saturated heterocycles. The topological polar surface area (TPSA) is 58.0 Å². The Hall–Kier alpha value is -2.71. The lowest BCUT2D eigenvalue weighted by molar-refractivity contribution is 0.416. The molecule has 20 heavy (non-hydrogen) atoms. The average molecular weight is 265 g/mol. The fourth-order valence-corrected chi connectivity index (χ4v) is 1.93. The van der Waals surface area contributed by atoms with Crippen LogP contribution < -0.4 is 4.74 Å². The van der Waals surface area contributed by atoms with E-state index in [1.165, 1.54) is 0 Å². The number of hydrogen-bond donors (Lipinski definition) is 0. The monoisotopic (exact) mass is 265 g/mol. The van der Waals surface area contributed by atoms with Gasteiger partial charge in [-0.2, -0.15) is 0 Å². The summed E-state index contributed by atoms with van der Waals surface area (Å²) in [7, 11) is 1.67. The van der Waals surface area contributed by atoms with Crippen molar-refractivity contribution < 1.29 is 4.74 Å². The van der Waals surface area contributed by atoms with Crippen molar-refractivity contribution in [2.45, 2.75) is 0 Å². The van der Waals surface area contributed by atoms with Gasteiger partial charge in [0.1, 0.15) is 5.75 Å². The van der Waals surface area contributed by atoms with Gasteiger partial charge < -0.3 is 4.74 Å². The quantitative estimate of drug-likeness (QED) is 0.439. The first-order valence-electron chi connectivity index (χ1n) is 6.26. The minimum atomic E-state index is 0.366. The largest absolute Gasteiger partial charge is 0.496 e. The van der Waals surface area contributed by atoms with E-state index in [0.29, 0.717) is 6.54 Å². The van der Waals surface area contributed by atoms with Crippen LogP contribution in [-0.2, 0) is 0 Å². The Morgan fingerprint density at radius 2 is 1.90 bits per heavy atom. The minimum absolute atomic E-state index is 0.366. The van der Waals surface area contributed by atoms with Gasteiger partial charge in [0.05, 0.1) is 7.11 Å². The molecule has 0 fully saturated rings. The summed E-state index contributed by atoms with van der Waals surface area (Å²) in [6.45, 7) is 0.366. The Balaban J connectivity index is 2.19. The molecule has 0 aliphatic carbocycles. The molecule has 0 heterocycles. The second-order valence-electron chi connectivity index (χ2n) is 4.14. The number of rotatable bonds is 5. The number of methoxy groups -OCH3 is 1. The van der Waals surface area contributed by atoms with Crippen LogP contribution in [0.4, 0.5) is 0 Å². The van der Waals surface area contributed by atoms with Crippen LogP contribution in [-0.4, -0.2) is 13.7 Å².